The van der Waals surface area contributed by atoms with Gasteiger partial charge in [0, 0.05) is 44.2 Å². The topological polar surface area (TPSA) is 136 Å². The second-order valence-corrected chi connectivity index (χ2v) is 8.17. The summed E-state index contributed by atoms with van der Waals surface area (Å²) in [5.41, 5.74) is 5.53. The van der Waals surface area contributed by atoms with Crippen molar-refractivity contribution in [2.75, 3.05) is 19.6 Å². The Kier molecular flexibility index (Phi) is 8.60. The molecule has 0 radical (unpaired) electrons. The lowest BCUT2D eigenvalue weighted by molar-refractivity contribution is -0.385. The van der Waals surface area contributed by atoms with Crippen LogP contribution >= 0.6 is 12.4 Å². The van der Waals surface area contributed by atoms with Crippen LogP contribution in [0.1, 0.15) is 31.2 Å². The van der Waals surface area contributed by atoms with E-state index in [4.69, 9.17) is 5.73 Å². The molecule has 1 aliphatic rings. The van der Waals surface area contributed by atoms with Crippen molar-refractivity contribution in [1.29, 1.82) is 0 Å². The number of nitrogens with one attached hydrogen (secondary N) is 1. The van der Waals surface area contributed by atoms with Crippen molar-refractivity contribution in [3.05, 3.63) is 33.9 Å². The molecule has 2 rings (SSSR count). The Balaban J connectivity index is 0.00000364. The average Bonchev–Trinajstić information content (AvgIpc) is 2.60. The summed E-state index contributed by atoms with van der Waals surface area (Å²) in [6.07, 6.45) is 2.45. The Morgan fingerprint density at radius 3 is 2.70 bits per heavy atom. The molecule has 152 valence electrons. The van der Waals surface area contributed by atoms with E-state index < -0.39 is 14.9 Å². The summed E-state index contributed by atoms with van der Waals surface area (Å²) >= 11 is 0. The van der Waals surface area contributed by atoms with Gasteiger partial charge in [-0.25, -0.2) is 8.42 Å². The first kappa shape index (κ1) is 23.3. The van der Waals surface area contributed by atoms with Gasteiger partial charge in [-0.15, -0.1) is 12.4 Å². The molecule has 3 N–H and O–H groups in total. The lowest BCUT2D eigenvalue weighted by Gasteiger charge is -2.35. The molecule has 11 heteroatoms. The Hall–Kier alpha value is -1.75. The number of hydrogen-bond donors (Lipinski definition) is 2. The average molecular weight is 421 g/mol. The zero-order valence-electron chi connectivity index (χ0n) is 15.1. The first-order valence-corrected chi connectivity index (χ1v) is 9.95. The molecule has 1 aliphatic heterocycles. The van der Waals surface area contributed by atoms with Crippen LogP contribution in [-0.4, -0.2) is 49.2 Å². The number of halogens is 1. The SMILES string of the molecule is Cc1cc([N+](=O)[O-])ccc1S(=O)(=O)N1CCCCC1CNC(=O)CCN.Cl. The van der Waals surface area contributed by atoms with E-state index in [1.807, 2.05) is 0 Å². The molecule has 0 bridgehead atoms. The number of amides is 1. The molecule has 9 nitrogen and oxygen atoms in total. The van der Waals surface area contributed by atoms with E-state index in [0.29, 0.717) is 18.5 Å². The first-order chi connectivity index (χ1) is 12.3. The molecular weight excluding hydrogens is 396 g/mol. The number of nitrogens with zero attached hydrogens (tertiary/aromatic N) is 2. The predicted molar refractivity (Wildman–Crippen MR) is 103 cm³/mol. The highest BCUT2D eigenvalue weighted by atomic mass is 35.5. The second-order valence-electron chi connectivity index (χ2n) is 6.32. The summed E-state index contributed by atoms with van der Waals surface area (Å²) in [6.45, 7) is 2.36. The van der Waals surface area contributed by atoms with Crippen molar-refractivity contribution >= 4 is 34.0 Å². The molecule has 1 atom stereocenters. The number of aryl methyl sites for hydroxylation is 1. The Bertz CT molecular complexity index is 787. The van der Waals surface area contributed by atoms with Crippen LogP contribution in [0, 0.1) is 17.0 Å². The Morgan fingerprint density at radius 1 is 1.41 bits per heavy atom. The molecule has 0 aromatic heterocycles. The summed E-state index contributed by atoms with van der Waals surface area (Å²) < 4.78 is 27.6. The maximum Gasteiger partial charge on any atom is 0.269 e. The maximum absolute atomic E-state index is 13.1. The summed E-state index contributed by atoms with van der Waals surface area (Å²) in [7, 11) is -3.81. The molecule has 27 heavy (non-hydrogen) atoms. The van der Waals surface area contributed by atoms with Crippen molar-refractivity contribution in [2.24, 2.45) is 5.73 Å². The van der Waals surface area contributed by atoms with E-state index in [-0.39, 0.29) is 54.4 Å². The van der Waals surface area contributed by atoms with Crippen molar-refractivity contribution in [2.45, 2.75) is 43.5 Å². The van der Waals surface area contributed by atoms with Crippen LogP contribution in [0.5, 0.6) is 0 Å². The molecule has 1 saturated heterocycles. The highest BCUT2D eigenvalue weighted by molar-refractivity contribution is 7.89. The fourth-order valence-corrected chi connectivity index (χ4v) is 5.01. The molecule has 1 amide bonds. The fraction of sp³-hybridized carbons (Fsp3) is 0.562. The van der Waals surface area contributed by atoms with Gasteiger partial charge in [-0.2, -0.15) is 4.31 Å². The van der Waals surface area contributed by atoms with Gasteiger partial charge in [-0.1, -0.05) is 6.42 Å². The summed E-state index contributed by atoms with van der Waals surface area (Å²) in [4.78, 5) is 22.0. The minimum Gasteiger partial charge on any atom is -0.354 e. The number of carbonyl (C=O) groups is 1. The fourth-order valence-electron chi connectivity index (χ4n) is 3.11. The van der Waals surface area contributed by atoms with Gasteiger partial charge in [0.15, 0.2) is 0 Å². The zero-order valence-corrected chi connectivity index (χ0v) is 16.7. The zero-order chi connectivity index (χ0) is 19.3. The minimum absolute atomic E-state index is 0. The number of piperidine rings is 1. The van der Waals surface area contributed by atoms with Crippen LogP contribution in [0.3, 0.4) is 0 Å². The second kappa shape index (κ2) is 9.98. The molecule has 1 heterocycles. The number of benzene rings is 1. The lowest BCUT2D eigenvalue weighted by Crippen LogP contribution is -2.49. The van der Waals surface area contributed by atoms with E-state index in [1.54, 1.807) is 6.92 Å². The van der Waals surface area contributed by atoms with Crippen LogP contribution in [0.2, 0.25) is 0 Å². The number of rotatable bonds is 7. The number of hydrogen-bond acceptors (Lipinski definition) is 6. The molecule has 1 fully saturated rings. The quantitative estimate of drug-likeness (QED) is 0.504. The van der Waals surface area contributed by atoms with Gasteiger partial charge in [0.2, 0.25) is 15.9 Å². The molecule has 0 saturated carbocycles. The maximum atomic E-state index is 13.1. The van der Waals surface area contributed by atoms with Crippen molar-refractivity contribution in [1.82, 2.24) is 9.62 Å². The van der Waals surface area contributed by atoms with Gasteiger partial charge in [-0.05, 0) is 31.4 Å². The number of nitro groups is 1. The van der Waals surface area contributed by atoms with Gasteiger partial charge in [0.05, 0.1) is 9.82 Å². The first-order valence-electron chi connectivity index (χ1n) is 8.51. The monoisotopic (exact) mass is 420 g/mol. The van der Waals surface area contributed by atoms with Crippen LogP contribution in [-0.2, 0) is 14.8 Å². The van der Waals surface area contributed by atoms with E-state index >= 15 is 0 Å². The lowest BCUT2D eigenvalue weighted by atomic mass is 10.1. The van der Waals surface area contributed by atoms with Crippen molar-refractivity contribution in [3.8, 4) is 0 Å². The van der Waals surface area contributed by atoms with Gasteiger partial charge >= 0.3 is 0 Å². The summed E-state index contributed by atoms with van der Waals surface area (Å²) in [6, 6.07) is 3.39. The third-order valence-corrected chi connectivity index (χ3v) is 6.55. The van der Waals surface area contributed by atoms with Crippen LogP contribution in [0.4, 0.5) is 5.69 Å². The molecule has 1 unspecified atom stereocenters. The van der Waals surface area contributed by atoms with Gasteiger partial charge < -0.3 is 11.1 Å². The normalized spacial score (nSPS) is 17.8. The van der Waals surface area contributed by atoms with Gasteiger partial charge in [0.25, 0.3) is 5.69 Å². The van der Waals surface area contributed by atoms with Crippen LogP contribution in [0.15, 0.2) is 23.1 Å². The number of carbonyl (C=O) groups excluding carboxylic acids is 1. The third kappa shape index (κ3) is 5.61. The smallest absolute Gasteiger partial charge is 0.269 e. The molecule has 0 aliphatic carbocycles. The van der Waals surface area contributed by atoms with E-state index in [9.17, 15) is 23.3 Å². The van der Waals surface area contributed by atoms with Crippen LogP contribution < -0.4 is 11.1 Å². The summed E-state index contributed by atoms with van der Waals surface area (Å²) in [5, 5.41) is 13.6. The number of sulfonamides is 1. The Morgan fingerprint density at radius 2 is 2.11 bits per heavy atom. The van der Waals surface area contributed by atoms with Gasteiger partial charge in [-0.3, -0.25) is 14.9 Å². The molecule has 1 aromatic rings. The highest BCUT2D eigenvalue weighted by Crippen LogP contribution is 2.28. The number of nitro benzene ring substituents is 1. The van der Waals surface area contributed by atoms with Crippen molar-refractivity contribution in [3.63, 3.8) is 0 Å². The largest absolute Gasteiger partial charge is 0.354 e. The Labute approximate surface area is 164 Å². The standard InChI is InChI=1S/C16H24N4O5S.ClH/c1-12-10-13(20(22)23)5-6-15(12)26(24,25)19-9-3-2-4-14(19)11-18-16(21)7-8-17;/h5-6,10,14H,2-4,7-9,11,17H2,1H3,(H,18,21);1H. The number of nitrogens with two attached hydrogens (primary N) is 1. The van der Waals surface area contributed by atoms with Crippen LogP contribution in [0.25, 0.3) is 0 Å². The highest BCUT2D eigenvalue weighted by Gasteiger charge is 2.34. The van der Waals surface area contributed by atoms with E-state index in [0.717, 1.165) is 12.8 Å². The predicted octanol–water partition coefficient (Wildman–Crippen LogP) is 1.33. The minimum atomic E-state index is -3.81. The van der Waals surface area contributed by atoms with E-state index in [2.05, 4.69) is 5.32 Å². The number of non-ortho nitro benzene ring substituents is 1. The molecular formula is C16H25ClN4O5S. The summed E-state index contributed by atoms with van der Waals surface area (Å²) in [5.74, 6) is -0.207. The van der Waals surface area contributed by atoms with Crippen molar-refractivity contribution < 1.29 is 18.1 Å². The van der Waals surface area contributed by atoms with Gasteiger partial charge in [0.1, 0.15) is 0 Å². The third-order valence-electron chi connectivity index (χ3n) is 4.44. The molecule has 0 spiro atoms. The molecule has 1 aromatic carbocycles. The van der Waals surface area contributed by atoms with E-state index in [1.165, 1.54) is 22.5 Å².